The summed E-state index contributed by atoms with van der Waals surface area (Å²) in [4.78, 5) is 15.9. The molecule has 2 aromatic rings. The van der Waals surface area contributed by atoms with Crippen LogP contribution in [-0.2, 0) is 23.9 Å². The Morgan fingerprint density at radius 2 is 2.11 bits per heavy atom. The van der Waals surface area contributed by atoms with Gasteiger partial charge >= 0.3 is 6.18 Å². The van der Waals surface area contributed by atoms with Gasteiger partial charge in [-0.15, -0.1) is 0 Å². The van der Waals surface area contributed by atoms with Gasteiger partial charge < -0.3 is 15.0 Å². The molecule has 0 saturated heterocycles. The molecule has 0 spiro atoms. The average Bonchev–Trinajstić information content (AvgIpc) is 3.05. The van der Waals surface area contributed by atoms with E-state index in [1.54, 1.807) is 0 Å². The number of carbonyl (C=O) groups is 1. The third-order valence-electron chi connectivity index (χ3n) is 5.12. The van der Waals surface area contributed by atoms with Crippen LogP contribution in [0.1, 0.15) is 42.1 Å². The maximum Gasteiger partial charge on any atom is 0.425 e. The summed E-state index contributed by atoms with van der Waals surface area (Å²) in [6.07, 6.45) is -0.909. The molecule has 2 atom stereocenters. The number of halogens is 3. The van der Waals surface area contributed by atoms with Gasteiger partial charge in [0.1, 0.15) is 0 Å². The predicted octanol–water partition coefficient (Wildman–Crippen LogP) is 2.80. The van der Waals surface area contributed by atoms with E-state index in [4.69, 9.17) is 0 Å². The molecule has 1 aromatic carbocycles. The number of rotatable bonds is 5. The lowest BCUT2D eigenvalue weighted by Gasteiger charge is -2.30. The van der Waals surface area contributed by atoms with E-state index in [-0.39, 0.29) is 12.5 Å². The van der Waals surface area contributed by atoms with Crippen LogP contribution in [0.15, 0.2) is 36.7 Å². The summed E-state index contributed by atoms with van der Waals surface area (Å²) < 4.78 is 41.6. The molecule has 5 nitrogen and oxygen atoms in total. The summed E-state index contributed by atoms with van der Waals surface area (Å²) in [5.74, 6) is -1.40. The Kier molecular flexibility index (Phi) is 5.28. The van der Waals surface area contributed by atoms with Crippen LogP contribution in [-0.4, -0.2) is 33.3 Å². The summed E-state index contributed by atoms with van der Waals surface area (Å²) in [5, 5.41) is 12.9. The predicted molar refractivity (Wildman–Crippen MR) is 92.9 cm³/mol. The Labute approximate surface area is 155 Å². The standard InChI is InChI=1S/C19H22F3N3O2/c1-25-10-9-23-17(25)18(27,19(20,21)22)11-16(26)24-12-14-7-4-6-13-5-2-3-8-15(13)14/h2-3,5,8-10,14,27H,4,6-7,11-12H2,1H3,(H,24,26). The molecule has 146 valence electrons. The van der Waals surface area contributed by atoms with Crippen LogP contribution >= 0.6 is 0 Å². The fourth-order valence-corrected chi connectivity index (χ4v) is 3.67. The number of nitrogens with zero attached hydrogens (tertiary/aromatic N) is 2. The van der Waals surface area contributed by atoms with Crippen LogP contribution in [0.2, 0.25) is 0 Å². The third-order valence-corrected chi connectivity index (χ3v) is 5.12. The number of benzene rings is 1. The van der Waals surface area contributed by atoms with Crippen LogP contribution in [0.5, 0.6) is 0 Å². The van der Waals surface area contributed by atoms with Gasteiger partial charge in [0, 0.05) is 31.9 Å². The van der Waals surface area contributed by atoms with Crippen LogP contribution < -0.4 is 5.32 Å². The fraction of sp³-hybridized carbons (Fsp3) is 0.474. The molecule has 1 amide bonds. The van der Waals surface area contributed by atoms with E-state index in [9.17, 15) is 23.1 Å². The quantitative estimate of drug-likeness (QED) is 0.837. The first-order chi connectivity index (χ1) is 12.7. The molecule has 1 aliphatic carbocycles. The van der Waals surface area contributed by atoms with E-state index in [1.165, 1.54) is 18.8 Å². The molecule has 1 aromatic heterocycles. The second kappa shape index (κ2) is 7.34. The Balaban J connectivity index is 1.70. The van der Waals surface area contributed by atoms with Crippen molar-refractivity contribution < 1.29 is 23.1 Å². The molecule has 2 unspecified atom stereocenters. The number of nitrogens with one attached hydrogen (secondary N) is 1. The number of hydrogen-bond donors (Lipinski definition) is 2. The second-order valence-corrected chi connectivity index (χ2v) is 6.99. The molecule has 0 saturated carbocycles. The van der Waals surface area contributed by atoms with Gasteiger partial charge in [-0.2, -0.15) is 13.2 Å². The third kappa shape index (κ3) is 3.85. The zero-order valence-corrected chi connectivity index (χ0v) is 15.0. The molecule has 1 heterocycles. The molecule has 0 bridgehead atoms. The molecule has 0 fully saturated rings. The monoisotopic (exact) mass is 381 g/mol. The number of alkyl halides is 3. The highest BCUT2D eigenvalue weighted by molar-refractivity contribution is 5.77. The topological polar surface area (TPSA) is 67.1 Å². The maximum atomic E-state index is 13.5. The number of fused-ring (bicyclic) bond motifs is 1. The molecule has 2 N–H and O–H groups in total. The average molecular weight is 381 g/mol. The lowest BCUT2D eigenvalue weighted by atomic mass is 9.83. The van der Waals surface area contributed by atoms with E-state index in [1.807, 2.05) is 24.3 Å². The van der Waals surface area contributed by atoms with Gasteiger partial charge in [-0.3, -0.25) is 4.79 Å². The Morgan fingerprint density at radius 3 is 2.78 bits per heavy atom. The van der Waals surface area contributed by atoms with E-state index < -0.39 is 29.9 Å². The second-order valence-electron chi connectivity index (χ2n) is 6.99. The normalized spacial score (nSPS) is 19.2. The van der Waals surface area contributed by atoms with Crippen molar-refractivity contribution in [1.29, 1.82) is 0 Å². The first kappa shape index (κ1) is 19.4. The van der Waals surface area contributed by atoms with Crippen molar-refractivity contribution in [2.45, 2.75) is 43.4 Å². The number of carbonyl (C=O) groups excluding carboxylic acids is 1. The van der Waals surface area contributed by atoms with Crippen LogP contribution in [0.3, 0.4) is 0 Å². The minimum Gasteiger partial charge on any atom is -0.374 e. The molecular weight excluding hydrogens is 359 g/mol. The zero-order valence-electron chi connectivity index (χ0n) is 15.0. The van der Waals surface area contributed by atoms with E-state index in [2.05, 4.69) is 10.3 Å². The van der Waals surface area contributed by atoms with Crippen LogP contribution in [0.25, 0.3) is 0 Å². The van der Waals surface area contributed by atoms with E-state index >= 15 is 0 Å². The van der Waals surface area contributed by atoms with E-state index in [0.29, 0.717) is 0 Å². The highest BCUT2D eigenvalue weighted by atomic mass is 19.4. The lowest BCUT2D eigenvalue weighted by molar-refractivity contribution is -0.271. The Bertz CT molecular complexity index is 819. The highest BCUT2D eigenvalue weighted by Gasteiger charge is 2.58. The van der Waals surface area contributed by atoms with Gasteiger partial charge in [0.2, 0.25) is 11.5 Å². The summed E-state index contributed by atoms with van der Waals surface area (Å²) >= 11 is 0. The first-order valence-electron chi connectivity index (χ1n) is 8.84. The van der Waals surface area contributed by atoms with Crippen molar-refractivity contribution in [2.75, 3.05) is 6.54 Å². The van der Waals surface area contributed by atoms with Crippen molar-refractivity contribution in [1.82, 2.24) is 14.9 Å². The minimum absolute atomic E-state index is 0.0611. The lowest BCUT2D eigenvalue weighted by Crippen LogP contribution is -2.48. The van der Waals surface area contributed by atoms with Crippen molar-refractivity contribution in [2.24, 2.45) is 7.05 Å². The van der Waals surface area contributed by atoms with Crippen molar-refractivity contribution in [3.8, 4) is 0 Å². The first-order valence-corrected chi connectivity index (χ1v) is 8.84. The summed E-state index contributed by atoms with van der Waals surface area (Å²) in [6.45, 7) is 0.240. The van der Waals surface area contributed by atoms with Crippen LogP contribution in [0, 0.1) is 0 Å². The maximum absolute atomic E-state index is 13.5. The summed E-state index contributed by atoms with van der Waals surface area (Å²) in [5.41, 5.74) is -0.998. The van der Waals surface area contributed by atoms with Crippen LogP contribution in [0.4, 0.5) is 13.2 Å². The number of amides is 1. The number of aliphatic hydroxyl groups is 1. The number of aryl methyl sites for hydroxylation is 2. The van der Waals surface area contributed by atoms with Crippen molar-refractivity contribution >= 4 is 5.91 Å². The van der Waals surface area contributed by atoms with Crippen molar-refractivity contribution in [3.63, 3.8) is 0 Å². The zero-order chi connectivity index (χ0) is 19.7. The summed E-state index contributed by atoms with van der Waals surface area (Å²) in [7, 11) is 1.34. The number of imidazole rings is 1. The molecule has 0 aliphatic heterocycles. The van der Waals surface area contributed by atoms with Gasteiger partial charge in [0.25, 0.3) is 0 Å². The Hall–Kier alpha value is -2.35. The Morgan fingerprint density at radius 1 is 1.37 bits per heavy atom. The molecular formula is C19H22F3N3O2. The van der Waals surface area contributed by atoms with E-state index in [0.717, 1.165) is 35.6 Å². The highest BCUT2D eigenvalue weighted by Crippen LogP contribution is 2.40. The minimum atomic E-state index is -5.03. The van der Waals surface area contributed by atoms with Gasteiger partial charge in [-0.25, -0.2) is 4.98 Å². The number of aromatic nitrogens is 2. The molecule has 8 heteroatoms. The SMILES string of the molecule is Cn1ccnc1C(O)(CC(=O)NCC1CCCc2ccccc21)C(F)(F)F. The van der Waals surface area contributed by atoms with Gasteiger partial charge in [-0.1, -0.05) is 24.3 Å². The molecule has 3 rings (SSSR count). The van der Waals surface area contributed by atoms with Crippen molar-refractivity contribution in [3.05, 3.63) is 53.6 Å². The van der Waals surface area contributed by atoms with Gasteiger partial charge in [0.05, 0.1) is 6.42 Å². The fourth-order valence-electron chi connectivity index (χ4n) is 3.67. The van der Waals surface area contributed by atoms with Gasteiger partial charge in [0.15, 0.2) is 5.82 Å². The molecule has 1 aliphatic rings. The van der Waals surface area contributed by atoms with Gasteiger partial charge in [-0.05, 0) is 30.4 Å². The largest absolute Gasteiger partial charge is 0.425 e. The molecule has 27 heavy (non-hydrogen) atoms. The number of hydrogen-bond acceptors (Lipinski definition) is 3. The summed E-state index contributed by atoms with van der Waals surface area (Å²) in [6, 6.07) is 7.90. The molecule has 0 radical (unpaired) electrons. The smallest absolute Gasteiger partial charge is 0.374 e.